The van der Waals surface area contributed by atoms with E-state index in [1.54, 1.807) is 37.0 Å². The lowest BCUT2D eigenvalue weighted by molar-refractivity contribution is -0.0253. The maximum atomic E-state index is 15.3. The number of nitrogens with zero attached hydrogens (tertiary/aromatic N) is 5. The third-order valence-corrected chi connectivity index (χ3v) is 6.90. The molecule has 0 atom stereocenters. The average Bonchev–Trinajstić information content (AvgIpc) is 3.44. The second kappa shape index (κ2) is 8.81. The van der Waals surface area contributed by atoms with Crippen molar-refractivity contribution in [3.8, 4) is 17.0 Å². The van der Waals surface area contributed by atoms with Gasteiger partial charge in [0.15, 0.2) is 5.82 Å². The van der Waals surface area contributed by atoms with Crippen LogP contribution in [0.1, 0.15) is 43.0 Å². The van der Waals surface area contributed by atoms with Gasteiger partial charge in [0.1, 0.15) is 5.52 Å². The van der Waals surface area contributed by atoms with Gasteiger partial charge in [-0.15, -0.1) is 5.10 Å². The number of fused-ring (bicyclic) bond motifs is 2. The molecule has 0 bridgehead atoms. The van der Waals surface area contributed by atoms with E-state index in [1.165, 1.54) is 24.0 Å². The Morgan fingerprint density at radius 2 is 2.03 bits per heavy atom. The summed E-state index contributed by atoms with van der Waals surface area (Å²) in [6.07, 6.45) is 8.16. The lowest BCUT2D eigenvalue weighted by Gasteiger charge is -2.36. The molecule has 0 saturated heterocycles. The number of aromatic nitrogens is 5. The number of ether oxygens (including phenoxy) is 2. The summed E-state index contributed by atoms with van der Waals surface area (Å²) in [6.45, 7) is 2.12. The zero-order valence-electron chi connectivity index (χ0n) is 20.1. The first-order chi connectivity index (χ1) is 16.9. The van der Waals surface area contributed by atoms with Crippen LogP contribution in [-0.2, 0) is 4.74 Å². The van der Waals surface area contributed by atoms with E-state index >= 15 is 4.39 Å². The third kappa shape index (κ3) is 4.05. The van der Waals surface area contributed by atoms with Gasteiger partial charge in [-0.1, -0.05) is 0 Å². The number of anilines is 1. The molecule has 4 aromatic rings. The molecule has 4 aromatic heterocycles. The molecule has 10 nitrogen and oxygen atoms in total. The van der Waals surface area contributed by atoms with Gasteiger partial charge >= 0.3 is 0 Å². The van der Waals surface area contributed by atoms with Crippen molar-refractivity contribution in [2.75, 3.05) is 26.6 Å². The third-order valence-electron chi connectivity index (χ3n) is 6.90. The summed E-state index contributed by atoms with van der Waals surface area (Å²) in [7, 11) is 4.79. The van der Waals surface area contributed by atoms with E-state index in [1.807, 2.05) is 0 Å². The number of hydrogen-bond donors (Lipinski definition) is 2. The van der Waals surface area contributed by atoms with Crippen molar-refractivity contribution in [1.29, 1.82) is 0 Å². The molecule has 1 aliphatic rings. The molecule has 0 radical (unpaired) electrons. The molecule has 0 aliphatic heterocycles. The summed E-state index contributed by atoms with van der Waals surface area (Å²) in [5.74, 6) is -0.132. The molecule has 5 rings (SSSR count). The van der Waals surface area contributed by atoms with Crippen LogP contribution in [-0.4, -0.2) is 63.0 Å². The van der Waals surface area contributed by atoms with Crippen LogP contribution in [0.4, 0.5) is 10.3 Å². The minimum Gasteiger partial charge on any atom is -0.479 e. The topological polar surface area (TPSA) is 107 Å². The molecule has 11 heteroatoms. The zero-order chi connectivity index (χ0) is 24.7. The molecule has 1 saturated carbocycles. The second-order valence-electron chi connectivity index (χ2n) is 9.05. The Balaban J connectivity index is 1.52. The minimum absolute atomic E-state index is 0.104. The highest BCUT2D eigenvalue weighted by molar-refractivity contribution is 6.01. The van der Waals surface area contributed by atoms with Crippen LogP contribution in [0.2, 0.25) is 0 Å². The quantitative estimate of drug-likeness (QED) is 0.435. The second-order valence-corrected chi connectivity index (χ2v) is 9.05. The molecular formula is C24H28FN7O3. The van der Waals surface area contributed by atoms with Crippen molar-refractivity contribution in [1.82, 2.24) is 29.5 Å². The van der Waals surface area contributed by atoms with Crippen molar-refractivity contribution in [3.63, 3.8) is 0 Å². The summed E-state index contributed by atoms with van der Waals surface area (Å²) in [5.41, 5.74) is 2.08. The van der Waals surface area contributed by atoms with Crippen molar-refractivity contribution in [2.45, 2.75) is 44.2 Å². The number of rotatable bonds is 6. The number of halogens is 1. The molecule has 4 heterocycles. The van der Waals surface area contributed by atoms with Gasteiger partial charge in [-0.3, -0.25) is 4.79 Å². The van der Waals surface area contributed by atoms with E-state index in [4.69, 9.17) is 9.47 Å². The first kappa shape index (κ1) is 23.0. The Labute approximate surface area is 201 Å². The Morgan fingerprint density at radius 3 is 2.71 bits per heavy atom. The van der Waals surface area contributed by atoms with E-state index in [-0.39, 0.29) is 29.0 Å². The Bertz CT molecular complexity index is 1410. The molecule has 2 N–H and O–H groups in total. The summed E-state index contributed by atoms with van der Waals surface area (Å²) >= 11 is 0. The lowest BCUT2D eigenvalue weighted by Crippen LogP contribution is -2.37. The maximum absolute atomic E-state index is 15.3. The van der Waals surface area contributed by atoms with Gasteiger partial charge < -0.3 is 20.1 Å². The monoisotopic (exact) mass is 481 g/mol. The molecule has 0 spiro atoms. The van der Waals surface area contributed by atoms with Gasteiger partial charge in [0.25, 0.3) is 5.91 Å². The van der Waals surface area contributed by atoms with Crippen LogP contribution in [0.5, 0.6) is 5.88 Å². The van der Waals surface area contributed by atoms with Crippen molar-refractivity contribution < 1.29 is 18.7 Å². The van der Waals surface area contributed by atoms with Gasteiger partial charge in [-0.2, -0.15) is 10.1 Å². The number of hydrogen-bond acceptors (Lipinski definition) is 7. The smallest absolute Gasteiger partial charge is 0.254 e. The summed E-state index contributed by atoms with van der Waals surface area (Å²) < 4.78 is 29.5. The van der Waals surface area contributed by atoms with Crippen molar-refractivity contribution >= 4 is 22.9 Å². The summed E-state index contributed by atoms with van der Waals surface area (Å²) in [4.78, 5) is 16.8. The highest BCUT2D eigenvalue weighted by Gasteiger charge is 2.31. The Kier molecular flexibility index (Phi) is 5.79. The molecule has 1 amide bonds. The fraction of sp³-hybridized carbons (Fsp3) is 0.417. The van der Waals surface area contributed by atoms with E-state index in [0.717, 1.165) is 25.7 Å². The Hall–Kier alpha value is -3.73. The molecule has 1 aliphatic carbocycles. The zero-order valence-corrected chi connectivity index (χ0v) is 20.1. The predicted octanol–water partition coefficient (Wildman–Crippen LogP) is 3.31. The van der Waals surface area contributed by atoms with Crippen LogP contribution in [0.3, 0.4) is 0 Å². The van der Waals surface area contributed by atoms with Gasteiger partial charge in [-0.25, -0.2) is 13.4 Å². The Morgan fingerprint density at radius 1 is 1.26 bits per heavy atom. The van der Waals surface area contributed by atoms with Crippen LogP contribution in [0.25, 0.3) is 22.2 Å². The predicted molar refractivity (Wildman–Crippen MR) is 128 cm³/mol. The summed E-state index contributed by atoms with van der Waals surface area (Å²) in [6, 6.07) is 3.63. The standard InChI is InChI=1S/C24H28FN7O3/c1-24(35-4)8-5-15(6-9-24)28-23-29-22(34-3)20-19(17(25)13-32(20)30-23)14-7-10-31-18(11-14)16(12-27-31)21(33)26-2/h7,10-13,15H,5-6,8-9H2,1-4H3,(H,26,33)(H,28,30)/t15-,24-. The first-order valence-electron chi connectivity index (χ1n) is 11.5. The number of methoxy groups -OCH3 is 2. The molecule has 0 aromatic carbocycles. The molecule has 0 unspecified atom stereocenters. The number of carbonyl (C=O) groups is 1. The van der Waals surface area contributed by atoms with E-state index in [2.05, 4.69) is 32.7 Å². The molecule has 184 valence electrons. The van der Waals surface area contributed by atoms with Crippen LogP contribution in [0, 0.1) is 5.82 Å². The van der Waals surface area contributed by atoms with E-state index < -0.39 is 5.82 Å². The highest BCUT2D eigenvalue weighted by atomic mass is 19.1. The maximum Gasteiger partial charge on any atom is 0.254 e. The normalized spacial score (nSPS) is 20.3. The molecule has 1 fully saturated rings. The van der Waals surface area contributed by atoms with Gasteiger partial charge in [0.2, 0.25) is 11.8 Å². The van der Waals surface area contributed by atoms with Crippen LogP contribution in [0.15, 0.2) is 30.7 Å². The fourth-order valence-electron chi connectivity index (χ4n) is 4.70. The largest absolute Gasteiger partial charge is 0.479 e. The highest BCUT2D eigenvalue weighted by Crippen LogP contribution is 2.36. The van der Waals surface area contributed by atoms with Crippen LogP contribution >= 0.6 is 0 Å². The van der Waals surface area contributed by atoms with Gasteiger partial charge in [-0.05, 0) is 50.3 Å². The molecular weight excluding hydrogens is 453 g/mol. The average molecular weight is 482 g/mol. The van der Waals surface area contributed by atoms with Gasteiger partial charge in [0, 0.05) is 26.4 Å². The van der Waals surface area contributed by atoms with Crippen molar-refractivity contribution in [3.05, 3.63) is 42.1 Å². The number of amides is 1. The SMILES string of the molecule is CNC(=O)c1cnn2ccc(-c3c(F)cn4nc(N[C@H]5CC[C@](C)(OC)CC5)nc(OC)c34)cc12. The lowest BCUT2D eigenvalue weighted by atomic mass is 9.83. The number of nitrogens with one attached hydrogen (secondary N) is 2. The number of pyridine rings is 1. The molecule has 35 heavy (non-hydrogen) atoms. The fourth-order valence-corrected chi connectivity index (χ4v) is 4.70. The van der Waals surface area contributed by atoms with E-state index in [0.29, 0.717) is 28.1 Å². The number of carbonyl (C=O) groups excluding carboxylic acids is 1. The first-order valence-corrected chi connectivity index (χ1v) is 11.5. The van der Waals surface area contributed by atoms with Gasteiger partial charge in [0.05, 0.1) is 41.7 Å². The minimum atomic E-state index is -0.478. The van der Waals surface area contributed by atoms with E-state index in [9.17, 15) is 4.79 Å². The van der Waals surface area contributed by atoms with Crippen molar-refractivity contribution in [2.24, 2.45) is 0 Å². The summed E-state index contributed by atoms with van der Waals surface area (Å²) in [5, 5.41) is 14.7. The van der Waals surface area contributed by atoms with Crippen LogP contribution < -0.4 is 15.4 Å².